The Hall–Kier alpha value is -1.29. The van der Waals surface area contributed by atoms with Crippen molar-refractivity contribution in [1.82, 2.24) is 4.98 Å². The summed E-state index contributed by atoms with van der Waals surface area (Å²) >= 11 is 11.8. The van der Waals surface area contributed by atoms with Crippen molar-refractivity contribution in [2.45, 2.75) is 6.61 Å². The van der Waals surface area contributed by atoms with Gasteiger partial charge in [-0.1, -0.05) is 23.2 Å². The molecule has 0 aliphatic heterocycles. The van der Waals surface area contributed by atoms with Gasteiger partial charge in [0.05, 0.1) is 11.6 Å². The number of hydrogen-bond donors (Lipinski definition) is 1. The summed E-state index contributed by atoms with van der Waals surface area (Å²) in [7, 11) is 0. The maximum absolute atomic E-state index is 9.14. The molecule has 2 aromatic rings. The number of rotatable bonds is 3. The molecular formula is C12H9Cl2NO2. The van der Waals surface area contributed by atoms with Crippen LogP contribution in [0.25, 0.3) is 0 Å². The van der Waals surface area contributed by atoms with Gasteiger partial charge in [-0.05, 0) is 24.3 Å². The molecule has 0 aliphatic carbocycles. The third-order valence-electron chi connectivity index (χ3n) is 2.12. The number of aliphatic hydroxyl groups excluding tert-OH is 1. The molecule has 0 spiro atoms. The molecule has 5 heteroatoms. The summed E-state index contributed by atoms with van der Waals surface area (Å²) in [5.41, 5.74) is 0.587. The lowest BCUT2D eigenvalue weighted by atomic mass is 10.3. The van der Waals surface area contributed by atoms with E-state index in [1.54, 1.807) is 36.5 Å². The van der Waals surface area contributed by atoms with Crippen molar-refractivity contribution in [3.8, 4) is 11.6 Å². The van der Waals surface area contributed by atoms with Crippen molar-refractivity contribution in [3.05, 3.63) is 52.1 Å². The van der Waals surface area contributed by atoms with E-state index in [1.807, 2.05) is 0 Å². The Kier molecular flexibility index (Phi) is 3.84. The summed E-state index contributed by atoms with van der Waals surface area (Å²) in [4.78, 5) is 4.03. The van der Waals surface area contributed by atoms with Gasteiger partial charge in [0.1, 0.15) is 5.75 Å². The standard InChI is InChI=1S/C12H9Cl2NO2/c13-9-3-4-10(14)11(6-9)17-12-8(7-16)2-1-5-15-12/h1-6,16H,7H2. The van der Waals surface area contributed by atoms with Gasteiger partial charge in [-0.3, -0.25) is 0 Å². The van der Waals surface area contributed by atoms with Crippen molar-refractivity contribution in [1.29, 1.82) is 0 Å². The lowest BCUT2D eigenvalue weighted by Crippen LogP contribution is -1.94. The van der Waals surface area contributed by atoms with E-state index >= 15 is 0 Å². The van der Waals surface area contributed by atoms with Gasteiger partial charge < -0.3 is 9.84 Å². The van der Waals surface area contributed by atoms with Gasteiger partial charge in [-0.15, -0.1) is 0 Å². The van der Waals surface area contributed by atoms with E-state index in [-0.39, 0.29) is 6.61 Å². The predicted molar refractivity (Wildman–Crippen MR) is 66.7 cm³/mol. The molecule has 1 aromatic carbocycles. The first-order chi connectivity index (χ1) is 8.20. The van der Waals surface area contributed by atoms with Crippen molar-refractivity contribution in [3.63, 3.8) is 0 Å². The zero-order valence-corrected chi connectivity index (χ0v) is 10.2. The van der Waals surface area contributed by atoms with Crippen LogP contribution >= 0.6 is 23.2 Å². The second-order valence-electron chi connectivity index (χ2n) is 3.30. The molecule has 17 heavy (non-hydrogen) atoms. The highest BCUT2D eigenvalue weighted by molar-refractivity contribution is 6.34. The molecule has 0 atom stereocenters. The van der Waals surface area contributed by atoms with Crippen LogP contribution in [0.5, 0.6) is 11.6 Å². The number of ether oxygens (including phenoxy) is 1. The second-order valence-corrected chi connectivity index (χ2v) is 4.15. The summed E-state index contributed by atoms with van der Waals surface area (Å²) in [6.07, 6.45) is 1.58. The number of benzene rings is 1. The Morgan fingerprint density at radius 1 is 1.24 bits per heavy atom. The van der Waals surface area contributed by atoms with Crippen LogP contribution in [0.2, 0.25) is 10.0 Å². The van der Waals surface area contributed by atoms with E-state index in [2.05, 4.69) is 4.98 Å². The summed E-state index contributed by atoms with van der Waals surface area (Å²) in [5, 5.41) is 10.1. The van der Waals surface area contributed by atoms with Gasteiger partial charge in [0.15, 0.2) is 0 Å². The largest absolute Gasteiger partial charge is 0.437 e. The van der Waals surface area contributed by atoms with Crippen LogP contribution in [-0.2, 0) is 6.61 Å². The first-order valence-electron chi connectivity index (χ1n) is 4.88. The topological polar surface area (TPSA) is 42.4 Å². The summed E-state index contributed by atoms with van der Waals surface area (Å²) in [6.45, 7) is -0.151. The first-order valence-corrected chi connectivity index (χ1v) is 5.64. The van der Waals surface area contributed by atoms with Gasteiger partial charge in [-0.25, -0.2) is 4.98 Å². The third kappa shape index (κ3) is 2.88. The SMILES string of the molecule is OCc1cccnc1Oc1cc(Cl)ccc1Cl. The molecule has 0 radical (unpaired) electrons. The lowest BCUT2D eigenvalue weighted by molar-refractivity contribution is 0.275. The minimum absolute atomic E-state index is 0.151. The normalized spacial score (nSPS) is 10.3. The fraction of sp³-hybridized carbons (Fsp3) is 0.0833. The van der Waals surface area contributed by atoms with Gasteiger partial charge >= 0.3 is 0 Å². The molecule has 0 aliphatic rings. The smallest absolute Gasteiger partial charge is 0.224 e. The molecule has 0 saturated carbocycles. The van der Waals surface area contributed by atoms with Gasteiger partial charge in [0.2, 0.25) is 5.88 Å². The van der Waals surface area contributed by atoms with E-state index in [0.29, 0.717) is 27.2 Å². The van der Waals surface area contributed by atoms with Crippen molar-refractivity contribution >= 4 is 23.2 Å². The molecular weight excluding hydrogens is 261 g/mol. The van der Waals surface area contributed by atoms with E-state index in [9.17, 15) is 0 Å². The number of halogens is 2. The minimum atomic E-state index is -0.151. The monoisotopic (exact) mass is 269 g/mol. The third-order valence-corrected chi connectivity index (χ3v) is 2.67. The molecule has 2 rings (SSSR count). The molecule has 1 heterocycles. The van der Waals surface area contributed by atoms with Crippen LogP contribution in [0.1, 0.15) is 5.56 Å². The fourth-order valence-electron chi connectivity index (χ4n) is 1.30. The average molecular weight is 270 g/mol. The molecule has 1 aromatic heterocycles. The van der Waals surface area contributed by atoms with Crippen molar-refractivity contribution in [2.75, 3.05) is 0 Å². The van der Waals surface area contributed by atoms with E-state index < -0.39 is 0 Å². The zero-order valence-electron chi connectivity index (χ0n) is 8.73. The highest BCUT2D eigenvalue weighted by Gasteiger charge is 2.08. The molecule has 0 unspecified atom stereocenters. The summed E-state index contributed by atoms with van der Waals surface area (Å²) in [5.74, 6) is 0.728. The maximum Gasteiger partial charge on any atom is 0.224 e. The maximum atomic E-state index is 9.14. The number of pyridine rings is 1. The molecule has 3 nitrogen and oxygen atoms in total. The van der Waals surface area contributed by atoms with Crippen LogP contribution in [0, 0.1) is 0 Å². The fourth-order valence-corrected chi connectivity index (χ4v) is 1.61. The Morgan fingerprint density at radius 2 is 2.06 bits per heavy atom. The van der Waals surface area contributed by atoms with Gasteiger partial charge in [0.25, 0.3) is 0 Å². The van der Waals surface area contributed by atoms with Crippen LogP contribution < -0.4 is 4.74 Å². The molecule has 0 amide bonds. The number of aromatic nitrogens is 1. The highest BCUT2D eigenvalue weighted by Crippen LogP contribution is 2.32. The highest BCUT2D eigenvalue weighted by atomic mass is 35.5. The number of hydrogen-bond acceptors (Lipinski definition) is 3. The lowest BCUT2D eigenvalue weighted by Gasteiger charge is -2.09. The quantitative estimate of drug-likeness (QED) is 0.925. The van der Waals surface area contributed by atoms with Crippen LogP contribution in [0.15, 0.2) is 36.5 Å². The minimum Gasteiger partial charge on any atom is -0.437 e. The Balaban J connectivity index is 2.34. The van der Waals surface area contributed by atoms with Gasteiger partial charge in [-0.2, -0.15) is 0 Å². The first kappa shape index (κ1) is 12.2. The van der Waals surface area contributed by atoms with E-state index in [0.717, 1.165) is 0 Å². The Bertz CT molecular complexity index is 532. The molecule has 0 bridgehead atoms. The second kappa shape index (κ2) is 5.36. The Morgan fingerprint density at radius 3 is 2.82 bits per heavy atom. The van der Waals surface area contributed by atoms with Crippen LogP contribution in [-0.4, -0.2) is 10.1 Å². The van der Waals surface area contributed by atoms with E-state index in [4.69, 9.17) is 33.0 Å². The molecule has 0 saturated heterocycles. The predicted octanol–water partition coefficient (Wildman–Crippen LogP) is 3.67. The summed E-state index contributed by atoms with van der Waals surface area (Å²) < 4.78 is 5.52. The Labute approximate surface area is 109 Å². The van der Waals surface area contributed by atoms with Crippen LogP contribution in [0.4, 0.5) is 0 Å². The number of nitrogens with zero attached hydrogens (tertiary/aromatic N) is 1. The van der Waals surface area contributed by atoms with Crippen molar-refractivity contribution < 1.29 is 9.84 Å². The van der Waals surface area contributed by atoms with Gasteiger partial charge in [0, 0.05) is 22.8 Å². The molecule has 0 fully saturated rings. The number of aliphatic hydroxyl groups is 1. The molecule has 88 valence electrons. The molecule has 1 N–H and O–H groups in total. The zero-order chi connectivity index (χ0) is 12.3. The average Bonchev–Trinajstić information content (AvgIpc) is 2.34. The summed E-state index contributed by atoms with van der Waals surface area (Å²) in [6, 6.07) is 8.35. The van der Waals surface area contributed by atoms with E-state index in [1.165, 1.54) is 0 Å². The van der Waals surface area contributed by atoms with Crippen molar-refractivity contribution in [2.24, 2.45) is 0 Å². The van der Waals surface area contributed by atoms with Crippen LogP contribution in [0.3, 0.4) is 0 Å².